The highest BCUT2D eigenvalue weighted by Crippen LogP contribution is 2.23. The molecule has 0 aromatic heterocycles. The lowest BCUT2D eigenvalue weighted by atomic mass is 9.99. The highest BCUT2D eigenvalue weighted by molar-refractivity contribution is 5.95. The van der Waals surface area contributed by atoms with Gasteiger partial charge >= 0.3 is 0 Å². The van der Waals surface area contributed by atoms with Crippen molar-refractivity contribution in [1.82, 2.24) is 10.2 Å². The second kappa shape index (κ2) is 6.94. The van der Waals surface area contributed by atoms with Crippen LogP contribution in [0.15, 0.2) is 18.2 Å². The summed E-state index contributed by atoms with van der Waals surface area (Å²) in [6.07, 6.45) is 2.18. The zero-order valence-corrected chi connectivity index (χ0v) is 13.6. The van der Waals surface area contributed by atoms with E-state index in [2.05, 4.69) is 29.4 Å². The van der Waals surface area contributed by atoms with Crippen LogP contribution in [0.3, 0.4) is 0 Å². The fourth-order valence-corrected chi connectivity index (χ4v) is 2.68. The smallest absolute Gasteiger partial charge is 0.251 e. The summed E-state index contributed by atoms with van der Waals surface area (Å²) in [7, 11) is 4.07. The molecule has 2 N–H and O–H groups in total. The Morgan fingerprint density at radius 2 is 2.14 bits per heavy atom. The van der Waals surface area contributed by atoms with Crippen molar-refractivity contribution in [2.24, 2.45) is 5.92 Å². The maximum absolute atomic E-state index is 12.5. The summed E-state index contributed by atoms with van der Waals surface area (Å²) in [5.41, 5.74) is 3.19. The molecular formula is C17H27N3O. The molecule has 1 amide bonds. The third kappa shape index (κ3) is 4.21. The summed E-state index contributed by atoms with van der Waals surface area (Å²) in [5, 5.41) is 6.55. The van der Waals surface area contributed by atoms with Crippen LogP contribution in [0.5, 0.6) is 0 Å². The molecule has 1 aliphatic heterocycles. The molecule has 0 fully saturated rings. The second-order valence-corrected chi connectivity index (χ2v) is 6.49. The first kappa shape index (κ1) is 15.8. The first-order valence-electron chi connectivity index (χ1n) is 7.79. The lowest BCUT2D eigenvalue weighted by Crippen LogP contribution is -2.45. The number of anilines is 1. The van der Waals surface area contributed by atoms with E-state index in [4.69, 9.17) is 0 Å². The number of benzene rings is 1. The summed E-state index contributed by atoms with van der Waals surface area (Å²) < 4.78 is 0. The quantitative estimate of drug-likeness (QED) is 0.874. The van der Waals surface area contributed by atoms with Crippen molar-refractivity contribution in [3.63, 3.8) is 0 Å². The summed E-state index contributed by atoms with van der Waals surface area (Å²) in [4.78, 5) is 14.6. The molecule has 0 spiro atoms. The number of nitrogens with zero attached hydrogens (tertiary/aromatic N) is 1. The van der Waals surface area contributed by atoms with Crippen molar-refractivity contribution < 1.29 is 4.79 Å². The molecule has 1 unspecified atom stereocenters. The van der Waals surface area contributed by atoms with Gasteiger partial charge in [0.15, 0.2) is 0 Å². The van der Waals surface area contributed by atoms with Gasteiger partial charge in [0.25, 0.3) is 5.91 Å². The van der Waals surface area contributed by atoms with Crippen molar-refractivity contribution in [2.75, 3.05) is 32.5 Å². The molecule has 116 valence electrons. The largest absolute Gasteiger partial charge is 0.385 e. The number of carbonyl (C=O) groups excluding carboxylic acids is 1. The van der Waals surface area contributed by atoms with E-state index in [1.54, 1.807) is 0 Å². The summed E-state index contributed by atoms with van der Waals surface area (Å²) in [6.45, 7) is 6.17. The van der Waals surface area contributed by atoms with Gasteiger partial charge in [0.1, 0.15) is 0 Å². The van der Waals surface area contributed by atoms with Crippen molar-refractivity contribution in [1.29, 1.82) is 0 Å². The van der Waals surface area contributed by atoms with E-state index >= 15 is 0 Å². The van der Waals surface area contributed by atoms with Crippen molar-refractivity contribution in [3.8, 4) is 0 Å². The zero-order valence-electron chi connectivity index (χ0n) is 13.6. The van der Waals surface area contributed by atoms with E-state index in [1.807, 2.05) is 32.3 Å². The van der Waals surface area contributed by atoms with Crippen molar-refractivity contribution >= 4 is 11.6 Å². The van der Waals surface area contributed by atoms with Gasteiger partial charge in [-0.15, -0.1) is 0 Å². The first-order chi connectivity index (χ1) is 9.97. The predicted molar refractivity (Wildman–Crippen MR) is 87.9 cm³/mol. The number of aryl methyl sites for hydroxylation is 1. The number of nitrogens with one attached hydrogen (secondary N) is 2. The molecule has 0 saturated carbocycles. The molecule has 0 bridgehead atoms. The van der Waals surface area contributed by atoms with E-state index in [0.29, 0.717) is 5.92 Å². The topological polar surface area (TPSA) is 44.4 Å². The number of amides is 1. The minimum atomic E-state index is 0.0314. The Morgan fingerprint density at radius 1 is 1.38 bits per heavy atom. The Hall–Kier alpha value is -1.55. The molecule has 21 heavy (non-hydrogen) atoms. The Labute approximate surface area is 127 Å². The number of likely N-dealkylation sites (N-methyl/N-ethyl adjacent to an activating group) is 1. The van der Waals surface area contributed by atoms with Gasteiger partial charge in [-0.3, -0.25) is 4.79 Å². The van der Waals surface area contributed by atoms with Crippen LogP contribution >= 0.6 is 0 Å². The average molecular weight is 289 g/mol. The predicted octanol–water partition coefficient (Wildman–Crippen LogP) is 2.36. The van der Waals surface area contributed by atoms with Crippen LogP contribution in [0, 0.1) is 5.92 Å². The Bertz CT molecular complexity index is 497. The average Bonchev–Trinajstić information content (AvgIpc) is 2.45. The molecule has 1 aliphatic rings. The molecule has 4 nitrogen and oxygen atoms in total. The third-order valence-corrected chi connectivity index (χ3v) is 3.99. The zero-order chi connectivity index (χ0) is 15.4. The normalized spacial score (nSPS) is 15.5. The maximum atomic E-state index is 12.5. The molecule has 1 heterocycles. The van der Waals surface area contributed by atoms with E-state index in [0.717, 1.165) is 31.5 Å². The van der Waals surface area contributed by atoms with Crippen molar-refractivity contribution in [3.05, 3.63) is 29.3 Å². The van der Waals surface area contributed by atoms with Crippen LogP contribution in [-0.4, -0.2) is 44.0 Å². The highest BCUT2D eigenvalue weighted by atomic mass is 16.1. The van der Waals surface area contributed by atoms with Gasteiger partial charge in [0.2, 0.25) is 0 Å². The van der Waals surface area contributed by atoms with Gasteiger partial charge in [-0.25, -0.2) is 0 Å². The summed E-state index contributed by atoms with van der Waals surface area (Å²) in [5.74, 6) is 0.444. The fourth-order valence-electron chi connectivity index (χ4n) is 2.68. The Kier molecular flexibility index (Phi) is 5.23. The number of hydrogen-bond acceptors (Lipinski definition) is 3. The molecule has 0 aliphatic carbocycles. The minimum absolute atomic E-state index is 0.0314. The number of hydrogen-bond donors (Lipinski definition) is 2. The lowest BCUT2D eigenvalue weighted by molar-refractivity contribution is 0.0916. The third-order valence-electron chi connectivity index (χ3n) is 3.99. The van der Waals surface area contributed by atoms with Crippen LogP contribution in [0.2, 0.25) is 0 Å². The molecule has 1 atom stereocenters. The van der Waals surface area contributed by atoms with Crippen LogP contribution in [0.1, 0.15) is 36.2 Å². The molecule has 1 aromatic carbocycles. The minimum Gasteiger partial charge on any atom is -0.385 e. The summed E-state index contributed by atoms with van der Waals surface area (Å²) in [6, 6.07) is 6.14. The Morgan fingerprint density at radius 3 is 2.81 bits per heavy atom. The second-order valence-electron chi connectivity index (χ2n) is 6.49. The molecule has 1 aromatic rings. The van der Waals surface area contributed by atoms with Gasteiger partial charge in [-0.05, 0) is 56.6 Å². The highest BCUT2D eigenvalue weighted by Gasteiger charge is 2.19. The summed E-state index contributed by atoms with van der Waals surface area (Å²) >= 11 is 0. The molecule has 0 radical (unpaired) electrons. The molecule has 4 heteroatoms. The number of fused-ring (bicyclic) bond motifs is 1. The van der Waals surface area contributed by atoms with Crippen molar-refractivity contribution in [2.45, 2.75) is 32.7 Å². The molecule has 0 saturated heterocycles. The fraction of sp³-hybridized carbons (Fsp3) is 0.588. The molecule has 2 rings (SSSR count). The van der Waals surface area contributed by atoms with Gasteiger partial charge in [-0.1, -0.05) is 13.8 Å². The van der Waals surface area contributed by atoms with Crippen LogP contribution in [-0.2, 0) is 6.42 Å². The monoisotopic (exact) mass is 289 g/mol. The number of rotatable bonds is 5. The number of carbonyl (C=O) groups is 1. The van der Waals surface area contributed by atoms with Gasteiger partial charge in [-0.2, -0.15) is 0 Å². The standard InChI is InChI=1S/C17H27N3O/c1-12(2)16(11-20(3)4)19-17(21)14-7-8-15-13(10-14)6-5-9-18-15/h7-8,10,12,16,18H,5-6,9,11H2,1-4H3,(H,19,21). The van der Waals surface area contributed by atoms with Gasteiger partial charge < -0.3 is 15.5 Å². The van der Waals surface area contributed by atoms with Crippen LogP contribution in [0.25, 0.3) is 0 Å². The van der Waals surface area contributed by atoms with E-state index in [-0.39, 0.29) is 11.9 Å². The molecular weight excluding hydrogens is 262 g/mol. The van der Waals surface area contributed by atoms with Gasteiger partial charge in [0, 0.05) is 30.4 Å². The van der Waals surface area contributed by atoms with E-state index in [9.17, 15) is 4.79 Å². The SMILES string of the molecule is CC(C)C(CN(C)C)NC(=O)c1ccc2c(c1)CCCN2. The van der Waals surface area contributed by atoms with E-state index < -0.39 is 0 Å². The maximum Gasteiger partial charge on any atom is 0.251 e. The first-order valence-corrected chi connectivity index (χ1v) is 7.79. The van der Waals surface area contributed by atoms with Crippen LogP contribution < -0.4 is 10.6 Å². The lowest BCUT2D eigenvalue weighted by Gasteiger charge is -2.26. The van der Waals surface area contributed by atoms with Gasteiger partial charge in [0.05, 0.1) is 0 Å². The van der Waals surface area contributed by atoms with E-state index in [1.165, 1.54) is 11.3 Å². The Balaban J connectivity index is 2.08. The van der Waals surface area contributed by atoms with Crippen LogP contribution in [0.4, 0.5) is 5.69 Å².